The van der Waals surface area contributed by atoms with Gasteiger partial charge in [-0.3, -0.25) is 4.90 Å². The van der Waals surface area contributed by atoms with Crippen molar-refractivity contribution >= 4 is 0 Å². The minimum Gasteiger partial charge on any atom is -0.377 e. The summed E-state index contributed by atoms with van der Waals surface area (Å²) >= 11 is 0. The van der Waals surface area contributed by atoms with Crippen LogP contribution in [0.15, 0.2) is 0 Å². The number of nitrogens with zero attached hydrogens (tertiary/aromatic N) is 1. The van der Waals surface area contributed by atoms with Gasteiger partial charge in [-0.15, -0.1) is 0 Å². The van der Waals surface area contributed by atoms with Gasteiger partial charge < -0.3 is 14.8 Å². The molecule has 2 rings (SSSR count). The lowest BCUT2D eigenvalue weighted by Crippen LogP contribution is -2.47. The molecule has 0 spiro atoms. The standard InChI is InChI=1S/C17H34N2O2/c1-6-18-14-7-8-17(2,3)9-13(14)10-19-11-15(20-4)16(12-19)21-5/h13-16,18H,6-12H2,1-5H3. The second kappa shape index (κ2) is 7.40. The third-order valence-electron chi connectivity index (χ3n) is 5.37. The number of methoxy groups -OCH3 is 2. The number of hydrogen-bond acceptors (Lipinski definition) is 4. The third-order valence-corrected chi connectivity index (χ3v) is 5.37. The topological polar surface area (TPSA) is 33.7 Å². The summed E-state index contributed by atoms with van der Waals surface area (Å²) in [6, 6.07) is 0.672. The smallest absolute Gasteiger partial charge is 0.0971 e. The Labute approximate surface area is 130 Å². The lowest BCUT2D eigenvalue weighted by Gasteiger charge is -2.42. The van der Waals surface area contributed by atoms with Crippen LogP contribution >= 0.6 is 0 Å². The highest BCUT2D eigenvalue weighted by atomic mass is 16.5. The molecule has 21 heavy (non-hydrogen) atoms. The predicted molar refractivity (Wildman–Crippen MR) is 86.6 cm³/mol. The summed E-state index contributed by atoms with van der Waals surface area (Å²) in [7, 11) is 3.59. The van der Waals surface area contributed by atoms with Gasteiger partial charge in [-0.25, -0.2) is 0 Å². The normalized spacial score (nSPS) is 37.0. The van der Waals surface area contributed by atoms with E-state index in [1.807, 2.05) is 0 Å². The summed E-state index contributed by atoms with van der Waals surface area (Å²) in [5.41, 5.74) is 0.484. The molecule has 0 amide bonds. The van der Waals surface area contributed by atoms with Crippen molar-refractivity contribution in [1.29, 1.82) is 0 Å². The fraction of sp³-hybridized carbons (Fsp3) is 1.00. The minimum absolute atomic E-state index is 0.226. The molecule has 4 heteroatoms. The molecule has 0 aromatic carbocycles. The van der Waals surface area contributed by atoms with Gasteiger partial charge in [0, 0.05) is 39.9 Å². The van der Waals surface area contributed by atoms with Crippen LogP contribution in [-0.2, 0) is 9.47 Å². The lowest BCUT2D eigenvalue weighted by molar-refractivity contribution is -0.00461. The molecule has 2 fully saturated rings. The van der Waals surface area contributed by atoms with E-state index in [2.05, 4.69) is 31.0 Å². The molecule has 1 saturated carbocycles. The van der Waals surface area contributed by atoms with Crippen molar-refractivity contribution in [1.82, 2.24) is 10.2 Å². The van der Waals surface area contributed by atoms with Crippen molar-refractivity contribution in [2.24, 2.45) is 11.3 Å². The highest BCUT2D eigenvalue weighted by molar-refractivity contribution is 4.93. The summed E-state index contributed by atoms with van der Waals surface area (Å²) in [6.45, 7) is 11.3. The molecule has 1 aliphatic heterocycles. The molecule has 1 aliphatic carbocycles. The number of rotatable bonds is 6. The minimum atomic E-state index is 0.226. The molecule has 0 aromatic heterocycles. The van der Waals surface area contributed by atoms with Crippen LogP contribution in [0.3, 0.4) is 0 Å². The fourth-order valence-electron chi connectivity index (χ4n) is 4.21. The maximum atomic E-state index is 5.57. The summed E-state index contributed by atoms with van der Waals surface area (Å²) in [4.78, 5) is 2.54. The van der Waals surface area contributed by atoms with Crippen molar-refractivity contribution in [3.63, 3.8) is 0 Å². The first-order valence-corrected chi connectivity index (χ1v) is 8.50. The Morgan fingerprint density at radius 2 is 1.76 bits per heavy atom. The highest BCUT2D eigenvalue weighted by Gasteiger charge is 2.39. The van der Waals surface area contributed by atoms with Gasteiger partial charge >= 0.3 is 0 Å². The van der Waals surface area contributed by atoms with Crippen molar-refractivity contribution in [3.8, 4) is 0 Å². The lowest BCUT2D eigenvalue weighted by atomic mass is 9.69. The van der Waals surface area contributed by atoms with Crippen molar-refractivity contribution in [2.45, 2.75) is 58.3 Å². The molecular formula is C17H34N2O2. The molecule has 1 heterocycles. The highest BCUT2D eigenvalue weighted by Crippen LogP contribution is 2.39. The zero-order valence-electron chi connectivity index (χ0n) is 14.5. The van der Waals surface area contributed by atoms with E-state index >= 15 is 0 Å². The number of hydrogen-bond donors (Lipinski definition) is 1. The van der Waals surface area contributed by atoms with Gasteiger partial charge in [0.15, 0.2) is 0 Å². The third kappa shape index (κ3) is 4.41. The van der Waals surface area contributed by atoms with E-state index in [4.69, 9.17) is 9.47 Å². The van der Waals surface area contributed by atoms with Crippen LogP contribution in [0.5, 0.6) is 0 Å². The largest absolute Gasteiger partial charge is 0.377 e. The molecule has 4 atom stereocenters. The summed E-state index contributed by atoms with van der Waals surface area (Å²) in [6.07, 6.45) is 4.41. The van der Waals surface area contributed by atoms with Crippen molar-refractivity contribution in [2.75, 3.05) is 40.4 Å². The van der Waals surface area contributed by atoms with Crippen LogP contribution < -0.4 is 5.32 Å². The van der Waals surface area contributed by atoms with Gasteiger partial charge in [-0.1, -0.05) is 20.8 Å². The molecular weight excluding hydrogens is 264 g/mol. The Balaban J connectivity index is 1.95. The monoisotopic (exact) mass is 298 g/mol. The second-order valence-corrected chi connectivity index (χ2v) is 7.60. The quantitative estimate of drug-likeness (QED) is 0.814. The van der Waals surface area contributed by atoms with Gasteiger partial charge in [-0.2, -0.15) is 0 Å². The van der Waals surface area contributed by atoms with Crippen LogP contribution in [-0.4, -0.2) is 63.5 Å². The van der Waals surface area contributed by atoms with Gasteiger partial charge in [0.2, 0.25) is 0 Å². The van der Waals surface area contributed by atoms with Crippen LogP contribution in [0.2, 0.25) is 0 Å². The number of ether oxygens (including phenoxy) is 2. The molecule has 4 unspecified atom stereocenters. The molecule has 4 nitrogen and oxygen atoms in total. The van der Waals surface area contributed by atoms with Gasteiger partial charge in [0.25, 0.3) is 0 Å². The maximum absolute atomic E-state index is 5.57. The first-order chi connectivity index (χ1) is 9.99. The molecule has 1 saturated heterocycles. The van der Waals surface area contributed by atoms with Crippen LogP contribution in [0.4, 0.5) is 0 Å². The molecule has 124 valence electrons. The first kappa shape index (κ1) is 17.2. The van der Waals surface area contributed by atoms with E-state index in [1.54, 1.807) is 14.2 Å². The van der Waals surface area contributed by atoms with Gasteiger partial charge in [-0.05, 0) is 37.1 Å². The predicted octanol–water partition coefficient (Wildman–Crippen LogP) is 2.14. The van der Waals surface area contributed by atoms with Crippen LogP contribution in [0.1, 0.15) is 40.0 Å². The Bertz CT molecular complexity index is 310. The Kier molecular flexibility index (Phi) is 6.06. The zero-order valence-corrected chi connectivity index (χ0v) is 14.5. The number of likely N-dealkylation sites (tertiary alicyclic amines) is 1. The maximum Gasteiger partial charge on any atom is 0.0971 e. The zero-order chi connectivity index (χ0) is 15.5. The van der Waals surface area contributed by atoms with Crippen molar-refractivity contribution in [3.05, 3.63) is 0 Å². The number of nitrogens with one attached hydrogen (secondary N) is 1. The van der Waals surface area contributed by atoms with E-state index in [0.29, 0.717) is 11.5 Å². The van der Waals surface area contributed by atoms with Crippen LogP contribution in [0, 0.1) is 11.3 Å². The van der Waals surface area contributed by atoms with Gasteiger partial charge in [0.1, 0.15) is 0 Å². The SMILES string of the molecule is CCNC1CCC(C)(C)CC1CN1CC(OC)C(OC)C1. The molecule has 0 aromatic rings. The summed E-state index contributed by atoms with van der Waals surface area (Å²) in [5, 5.41) is 3.71. The van der Waals surface area contributed by atoms with Gasteiger partial charge in [0.05, 0.1) is 12.2 Å². The van der Waals surface area contributed by atoms with E-state index in [-0.39, 0.29) is 12.2 Å². The molecule has 0 bridgehead atoms. The summed E-state index contributed by atoms with van der Waals surface area (Å²) < 4.78 is 11.1. The molecule has 1 N–H and O–H groups in total. The second-order valence-electron chi connectivity index (χ2n) is 7.60. The fourth-order valence-corrected chi connectivity index (χ4v) is 4.21. The van der Waals surface area contributed by atoms with E-state index < -0.39 is 0 Å². The Morgan fingerprint density at radius 3 is 2.29 bits per heavy atom. The molecule has 2 aliphatic rings. The Hall–Kier alpha value is -0.160. The first-order valence-electron chi connectivity index (χ1n) is 8.50. The van der Waals surface area contributed by atoms with Crippen LogP contribution in [0.25, 0.3) is 0 Å². The average molecular weight is 298 g/mol. The Morgan fingerprint density at radius 1 is 1.14 bits per heavy atom. The van der Waals surface area contributed by atoms with Crippen molar-refractivity contribution < 1.29 is 9.47 Å². The van der Waals surface area contributed by atoms with E-state index in [1.165, 1.54) is 25.8 Å². The van der Waals surface area contributed by atoms with E-state index in [0.717, 1.165) is 25.6 Å². The van der Waals surface area contributed by atoms with E-state index in [9.17, 15) is 0 Å². The summed E-state index contributed by atoms with van der Waals surface area (Å²) in [5.74, 6) is 0.738. The average Bonchev–Trinajstić information content (AvgIpc) is 2.83. The molecule has 0 radical (unpaired) electrons.